The van der Waals surface area contributed by atoms with E-state index in [-0.39, 0.29) is 6.03 Å². The van der Waals surface area contributed by atoms with Gasteiger partial charge in [0.1, 0.15) is 11.3 Å². The lowest BCUT2D eigenvalue weighted by atomic mass is 10.2. The van der Waals surface area contributed by atoms with E-state index in [4.69, 9.17) is 19.2 Å². The van der Waals surface area contributed by atoms with Crippen LogP contribution in [-0.2, 0) is 0 Å². The van der Waals surface area contributed by atoms with E-state index in [0.717, 1.165) is 21.1 Å². The van der Waals surface area contributed by atoms with Crippen LogP contribution in [0.3, 0.4) is 0 Å². The predicted octanol–water partition coefficient (Wildman–Crippen LogP) is 3.68. The van der Waals surface area contributed by atoms with E-state index in [0.29, 0.717) is 43.4 Å². The average molecular weight is 429 g/mol. The number of nitrogens with zero attached hydrogens (tertiary/aromatic N) is 3. The monoisotopic (exact) mass is 428 g/mol. The molecular weight excluding hydrogens is 404 g/mol. The summed E-state index contributed by atoms with van der Waals surface area (Å²) in [6.07, 6.45) is 0. The SMILES string of the molecule is COc1cccc(NC(=O)N2CCN(c3nc4c(OC)cccc4s3)CC2)c1OC. The fourth-order valence-electron chi connectivity index (χ4n) is 3.49. The molecule has 9 heteroatoms. The largest absolute Gasteiger partial charge is 0.494 e. The summed E-state index contributed by atoms with van der Waals surface area (Å²) in [7, 11) is 4.78. The highest BCUT2D eigenvalue weighted by atomic mass is 32.1. The first-order chi connectivity index (χ1) is 14.6. The Bertz CT molecular complexity index is 1050. The summed E-state index contributed by atoms with van der Waals surface area (Å²) in [6.45, 7) is 2.63. The summed E-state index contributed by atoms with van der Waals surface area (Å²) >= 11 is 1.64. The summed E-state index contributed by atoms with van der Waals surface area (Å²) in [4.78, 5) is 21.5. The quantitative estimate of drug-likeness (QED) is 0.668. The Kier molecular flexibility index (Phi) is 5.80. The normalized spacial score (nSPS) is 14.0. The molecule has 2 amide bonds. The highest BCUT2D eigenvalue weighted by Gasteiger charge is 2.24. The van der Waals surface area contributed by atoms with Gasteiger partial charge in [-0.2, -0.15) is 0 Å². The Morgan fingerprint density at radius 2 is 1.67 bits per heavy atom. The zero-order valence-electron chi connectivity index (χ0n) is 17.2. The van der Waals surface area contributed by atoms with Crippen molar-refractivity contribution in [3.8, 4) is 17.2 Å². The second kappa shape index (κ2) is 8.66. The fraction of sp³-hybridized carbons (Fsp3) is 0.333. The number of carbonyl (C=O) groups excluding carboxylic acids is 1. The molecule has 0 radical (unpaired) electrons. The Labute approximate surface area is 179 Å². The van der Waals surface area contributed by atoms with Crippen LogP contribution in [0.5, 0.6) is 17.2 Å². The van der Waals surface area contributed by atoms with E-state index in [9.17, 15) is 4.79 Å². The van der Waals surface area contributed by atoms with Gasteiger partial charge in [-0.3, -0.25) is 0 Å². The first-order valence-corrected chi connectivity index (χ1v) is 10.4. The van der Waals surface area contributed by atoms with Crippen LogP contribution in [0.1, 0.15) is 0 Å². The van der Waals surface area contributed by atoms with Crippen LogP contribution in [0.2, 0.25) is 0 Å². The van der Waals surface area contributed by atoms with Gasteiger partial charge in [-0.05, 0) is 24.3 Å². The number of thiazole rings is 1. The molecule has 1 aromatic heterocycles. The zero-order valence-corrected chi connectivity index (χ0v) is 18.0. The molecule has 1 fully saturated rings. The number of fused-ring (bicyclic) bond motifs is 1. The molecular formula is C21H24N4O4S. The second-order valence-corrected chi connectivity index (χ2v) is 7.76. The number of anilines is 2. The number of nitrogens with one attached hydrogen (secondary N) is 1. The number of benzene rings is 2. The van der Waals surface area contributed by atoms with E-state index in [2.05, 4.69) is 10.2 Å². The fourth-order valence-corrected chi connectivity index (χ4v) is 4.53. The number of hydrogen-bond donors (Lipinski definition) is 1. The summed E-state index contributed by atoms with van der Waals surface area (Å²) in [6, 6.07) is 11.2. The topological polar surface area (TPSA) is 76.2 Å². The minimum absolute atomic E-state index is 0.160. The van der Waals surface area contributed by atoms with Gasteiger partial charge in [0, 0.05) is 26.2 Å². The summed E-state index contributed by atoms with van der Waals surface area (Å²) in [5, 5.41) is 3.88. The van der Waals surface area contributed by atoms with Gasteiger partial charge < -0.3 is 29.3 Å². The molecule has 158 valence electrons. The molecule has 4 rings (SSSR count). The van der Waals surface area contributed by atoms with Gasteiger partial charge in [0.25, 0.3) is 0 Å². The molecule has 1 aliphatic rings. The van der Waals surface area contributed by atoms with Crippen LogP contribution >= 0.6 is 11.3 Å². The molecule has 30 heavy (non-hydrogen) atoms. The van der Waals surface area contributed by atoms with Crippen molar-refractivity contribution in [3.05, 3.63) is 36.4 Å². The van der Waals surface area contributed by atoms with Crippen molar-refractivity contribution in [1.29, 1.82) is 0 Å². The zero-order chi connectivity index (χ0) is 21.1. The van der Waals surface area contributed by atoms with E-state index in [1.165, 1.54) is 0 Å². The predicted molar refractivity (Wildman–Crippen MR) is 119 cm³/mol. The minimum atomic E-state index is -0.160. The van der Waals surface area contributed by atoms with Crippen molar-refractivity contribution in [1.82, 2.24) is 9.88 Å². The summed E-state index contributed by atoms with van der Waals surface area (Å²) in [5.41, 5.74) is 1.47. The highest BCUT2D eigenvalue weighted by Crippen LogP contribution is 2.36. The van der Waals surface area contributed by atoms with Crippen LogP contribution in [0.25, 0.3) is 10.2 Å². The van der Waals surface area contributed by atoms with Crippen molar-refractivity contribution in [2.24, 2.45) is 0 Å². The number of carbonyl (C=O) groups is 1. The molecule has 1 aliphatic heterocycles. The smallest absolute Gasteiger partial charge is 0.322 e. The Morgan fingerprint density at radius 3 is 2.37 bits per heavy atom. The van der Waals surface area contributed by atoms with E-state index < -0.39 is 0 Å². The minimum Gasteiger partial charge on any atom is -0.494 e. The van der Waals surface area contributed by atoms with Crippen LogP contribution in [0.4, 0.5) is 15.6 Å². The lowest BCUT2D eigenvalue weighted by molar-refractivity contribution is 0.208. The van der Waals surface area contributed by atoms with Crippen molar-refractivity contribution in [2.75, 3.05) is 57.7 Å². The lowest BCUT2D eigenvalue weighted by Gasteiger charge is -2.34. The standard InChI is InChI=1S/C21H24N4O4S/c1-27-15-7-5-9-17-18(15)23-21(30-17)25-12-10-24(11-13-25)20(26)22-14-6-4-8-16(28-2)19(14)29-3/h4-9H,10-13H2,1-3H3,(H,22,26). The van der Waals surface area contributed by atoms with Crippen molar-refractivity contribution in [3.63, 3.8) is 0 Å². The second-order valence-electron chi connectivity index (χ2n) is 6.75. The van der Waals surface area contributed by atoms with Crippen molar-refractivity contribution < 1.29 is 19.0 Å². The third-order valence-electron chi connectivity index (χ3n) is 5.07. The average Bonchev–Trinajstić information content (AvgIpc) is 3.23. The van der Waals surface area contributed by atoms with E-state index >= 15 is 0 Å². The van der Waals surface area contributed by atoms with Crippen LogP contribution in [-0.4, -0.2) is 63.4 Å². The van der Waals surface area contributed by atoms with Crippen LogP contribution in [0, 0.1) is 0 Å². The third kappa shape index (κ3) is 3.80. The number of piperazine rings is 1. The molecule has 0 atom stereocenters. The van der Waals surface area contributed by atoms with Gasteiger partial charge in [-0.1, -0.05) is 23.5 Å². The maximum atomic E-state index is 12.8. The molecule has 1 saturated heterocycles. The molecule has 3 aromatic rings. The maximum Gasteiger partial charge on any atom is 0.322 e. The van der Waals surface area contributed by atoms with Crippen molar-refractivity contribution >= 4 is 38.4 Å². The Morgan fingerprint density at radius 1 is 0.967 bits per heavy atom. The Balaban J connectivity index is 1.42. The van der Waals surface area contributed by atoms with Crippen LogP contribution < -0.4 is 24.4 Å². The number of hydrogen-bond acceptors (Lipinski definition) is 7. The number of ether oxygens (including phenoxy) is 3. The summed E-state index contributed by atoms with van der Waals surface area (Å²) in [5.74, 6) is 1.86. The molecule has 0 aliphatic carbocycles. The number of methoxy groups -OCH3 is 3. The number of rotatable bonds is 5. The molecule has 2 heterocycles. The number of para-hydroxylation sites is 2. The highest BCUT2D eigenvalue weighted by molar-refractivity contribution is 7.22. The molecule has 0 saturated carbocycles. The van der Waals surface area contributed by atoms with Gasteiger partial charge in [0.2, 0.25) is 0 Å². The van der Waals surface area contributed by atoms with E-state index in [1.54, 1.807) is 49.7 Å². The molecule has 2 aromatic carbocycles. The first kappa shape index (κ1) is 20.1. The van der Waals surface area contributed by atoms with Crippen LogP contribution in [0.15, 0.2) is 36.4 Å². The number of urea groups is 1. The van der Waals surface area contributed by atoms with Gasteiger partial charge in [0.05, 0.1) is 31.7 Å². The lowest BCUT2D eigenvalue weighted by Crippen LogP contribution is -2.50. The van der Waals surface area contributed by atoms with Gasteiger partial charge in [0.15, 0.2) is 16.6 Å². The molecule has 1 N–H and O–H groups in total. The number of amides is 2. The molecule has 0 unspecified atom stereocenters. The first-order valence-electron chi connectivity index (χ1n) is 9.60. The Hall–Kier alpha value is -3.20. The summed E-state index contributed by atoms with van der Waals surface area (Å²) < 4.78 is 17.2. The molecule has 8 nitrogen and oxygen atoms in total. The molecule has 0 spiro atoms. The molecule has 0 bridgehead atoms. The number of aromatic nitrogens is 1. The van der Waals surface area contributed by atoms with E-state index in [1.807, 2.05) is 24.3 Å². The third-order valence-corrected chi connectivity index (χ3v) is 6.15. The van der Waals surface area contributed by atoms with Gasteiger partial charge in [-0.15, -0.1) is 0 Å². The van der Waals surface area contributed by atoms with Crippen molar-refractivity contribution in [2.45, 2.75) is 0 Å². The maximum absolute atomic E-state index is 12.8. The van der Waals surface area contributed by atoms with Gasteiger partial charge >= 0.3 is 6.03 Å². The van der Waals surface area contributed by atoms with Gasteiger partial charge in [-0.25, -0.2) is 9.78 Å².